The third-order valence-electron chi connectivity index (χ3n) is 2.29. The first-order valence-electron chi connectivity index (χ1n) is 4.71. The average molecular weight is 190 g/mol. The van der Waals surface area contributed by atoms with Gasteiger partial charge in [0, 0.05) is 23.1 Å². The zero-order chi connectivity index (χ0) is 10.1. The van der Waals surface area contributed by atoms with E-state index in [1.165, 1.54) is 0 Å². The SMILES string of the molecule is C[C@@H](N)Cc1c[nH]c2ccc(O)cc12. The standard InChI is InChI=1S/C11H14N2O/c1-7(12)4-8-6-13-11-3-2-9(14)5-10(8)11/h2-3,5-7,13-14H,4,12H2,1H3/t7-/m1/s1. The summed E-state index contributed by atoms with van der Waals surface area (Å²) >= 11 is 0. The molecule has 4 N–H and O–H groups in total. The monoisotopic (exact) mass is 190 g/mol. The van der Waals surface area contributed by atoms with Gasteiger partial charge in [-0.25, -0.2) is 0 Å². The molecule has 0 saturated heterocycles. The summed E-state index contributed by atoms with van der Waals surface area (Å²) in [5.41, 5.74) is 7.93. The van der Waals surface area contributed by atoms with Crippen molar-refractivity contribution in [3.8, 4) is 5.75 Å². The van der Waals surface area contributed by atoms with Gasteiger partial charge in [0.05, 0.1) is 0 Å². The quantitative estimate of drug-likeness (QED) is 0.675. The van der Waals surface area contributed by atoms with E-state index in [0.717, 1.165) is 22.9 Å². The molecule has 3 nitrogen and oxygen atoms in total. The molecular weight excluding hydrogens is 176 g/mol. The molecule has 0 spiro atoms. The number of aromatic nitrogens is 1. The Kier molecular flexibility index (Phi) is 2.17. The minimum absolute atomic E-state index is 0.136. The number of hydrogen-bond donors (Lipinski definition) is 3. The van der Waals surface area contributed by atoms with Crippen LogP contribution in [0.5, 0.6) is 5.75 Å². The summed E-state index contributed by atoms with van der Waals surface area (Å²) in [5, 5.41) is 10.4. The molecule has 74 valence electrons. The van der Waals surface area contributed by atoms with E-state index in [-0.39, 0.29) is 6.04 Å². The predicted octanol–water partition coefficient (Wildman–Crippen LogP) is 1.76. The summed E-state index contributed by atoms with van der Waals surface area (Å²) < 4.78 is 0. The van der Waals surface area contributed by atoms with E-state index in [2.05, 4.69) is 4.98 Å². The molecule has 1 atom stereocenters. The Morgan fingerprint density at radius 3 is 3.00 bits per heavy atom. The van der Waals surface area contributed by atoms with Crippen LogP contribution >= 0.6 is 0 Å². The Morgan fingerprint density at radius 2 is 2.29 bits per heavy atom. The second kappa shape index (κ2) is 3.35. The molecule has 1 aromatic heterocycles. The van der Waals surface area contributed by atoms with Crippen LogP contribution in [0, 0.1) is 0 Å². The van der Waals surface area contributed by atoms with Crippen LogP contribution in [0.2, 0.25) is 0 Å². The number of nitrogens with one attached hydrogen (secondary N) is 1. The largest absolute Gasteiger partial charge is 0.508 e. The van der Waals surface area contributed by atoms with Gasteiger partial charge in [-0.3, -0.25) is 0 Å². The first-order valence-corrected chi connectivity index (χ1v) is 4.71. The molecule has 1 aromatic carbocycles. The van der Waals surface area contributed by atoms with Crippen molar-refractivity contribution in [1.29, 1.82) is 0 Å². The summed E-state index contributed by atoms with van der Waals surface area (Å²) in [5.74, 6) is 0.294. The minimum atomic E-state index is 0.136. The van der Waals surface area contributed by atoms with Gasteiger partial charge in [0.1, 0.15) is 5.75 Å². The van der Waals surface area contributed by atoms with Crippen LogP contribution in [0.4, 0.5) is 0 Å². The van der Waals surface area contributed by atoms with Crippen LogP contribution in [0.3, 0.4) is 0 Å². The maximum absolute atomic E-state index is 9.36. The van der Waals surface area contributed by atoms with E-state index in [1.807, 2.05) is 19.2 Å². The van der Waals surface area contributed by atoms with E-state index in [0.29, 0.717) is 5.75 Å². The Hall–Kier alpha value is -1.48. The number of H-pyrrole nitrogens is 1. The number of aromatic amines is 1. The first-order chi connectivity index (χ1) is 6.66. The highest BCUT2D eigenvalue weighted by Gasteiger charge is 2.05. The van der Waals surface area contributed by atoms with Gasteiger partial charge in [-0.2, -0.15) is 0 Å². The van der Waals surface area contributed by atoms with Gasteiger partial charge in [0.2, 0.25) is 0 Å². The molecule has 0 aliphatic heterocycles. The third-order valence-corrected chi connectivity index (χ3v) is 2.29. The fourth-order valence-corrected chi connectivity index (χ4v) is 1.68. The van der Waals surface area contributed by atoms with Crippen LogP contribution in [0.1, 0.15) is 12.5 Å². The predicted molar refractivity (Wildman–Crippen MR) is 57.3 cm³/mol. The number of fused-ring (bicyclic) bond motifs is 1. The Labute approximate surface area is 82.6 Å². The zero-order valence-corrected chi connectivity index (χ0v) is 8.12. The lowest BCUT2D eigenvalue weighted by Gasteiger charge is -2.02. The first kappa shape index (κ1) is 9.09. The van der Waals surface area contributed by atoms with E-state index >= 15 is 0 Å². The van der Waals surface area contributed by atoms with Gasteiger partial charge >= 0.3 is 0 Å². The second-order valence-electron chi connectivity index (χ2n) is 3.73. The van der Waals surface area contributed by atoms with Crippen LogP contribution in [0.15, 0.2) is 24.4 Å². The number of phenols is 1. The van der Waals surface area contributed by atoms with Crippen molar-refractivity contribution in [3.05, 3.63) is 30.0 Å². The molecule has 1 heterocycles. The minimum Gasteiger partial charge on any atom is -0.508 e. The van der Waals surface area contributed by atoms with Gasteiger partial charge in [-0.15, -0.1) is 0 Å². The van der Waals surface area contributed by atoms with E-state index in [4.69, 9.17) is 5.73 Å². The normalized spacial score (nSPS) is 13.3. The summed E-state index contributed by atoms with van der Waals surface area (Å²) in [6.07, 6.45) is 2.77. The average Bonchev–Trinajstić information content (AvgIpc) is 2.47. The lowest BCUT2D eigenvalue weighted by molar-refractivity contribution is 0.476. The number of hydrogen-bond acceptors (Lipinski definition) is 2. The zero-order valence-electron chi connectivity index (χ0n) is 8.12. The Morgan fingerprint density at radius 1 is 1.50 bits per heavy atom. The molecule has 2 rings (SSSR count). The van der Waals surface area contributed by atoms with Gasteiger partial charge in [0.25, 0.3) is 0 Å². The van der Waals surface area contributed by atoms with E-state index in [1.54, 1.807) is 12.1 Å². The van der Waals surface area contributed by atoms with Crippen molar-refractivity contribution in [2.45, 2.75) is 19.4 Å². The molecule has 0 aliphatic rings. The molecule has 0 saturated carbocycles. The number of aromatic hydroxyl groups is 1. The van der Waals surface area contributed by atoms with Crippen LogP contribution in [0.25, 0.3) is 10.9 Å². The van der Waals surface area contributed by atoms with E-state index in [9.17, 15) is 5.11 Å². The lowest BCUT2D eigenvalue weighted by Crippen LogP contribution is -2.17. The van der Waals surface area contributed by atoms with Gasteiger partial charge in [0.15, 0.2) is 0 Å². The summed E-state index contributed by atoms with van der Waals surface area (Å²) in [4.78, 5) is 3.15. The molecular formula is C11H14N2O. The molecule has 14 heavy (non-hydrogen) atoms. The molecule has 0 amide bonds. The van der Waals surface area contributed by atoms with Crippen LogP contribution < -0.4 is 5.73 Å². The maximum Gasteiger partial charge on any atom is 0.116 e. The molecule has 0 radical (unpaired) electrons. The van der Waals surface area contributed by atoms with E-state index < -0.39 is 0 Å². The van der Waals surface area contributed by atoms with Crippen molar-refractivity contribution in [1.82, 2.24) is 4.98 Å². The van der Waals surface area contributed by atoms with Crippen molar-refractivity contribution >= 4 is 10.9 Å². The fraction of sp³-hybridized carbons (Fsp3) is 0.273. The second-order valence-corrected chi connectivity index (χ2v) is 3.73. The smallest absolute Gasteiger partial charge is 0.116 e. The Bertz CT molecular complexity index is 445. The molecule has 2 aromatic rings. The van der Waals surface area contributed by atoms with Crippen LogP contribution in [-0.4, -0.2) is 16.1 Å². The highest BCUT2D eigenvalue weighted by Crippen LogP contribution is 2.23. The Balaban J connectivity index is 2.50. The molecule has 0 aliphatic carbocycles. The number of nitrogens with two attached hydrogens (primary N) is 1. The van der Waals surface area contributed by atoms with Crippen molar-refractivity contribution < 1.29 is 5.11 Å². The van der Waals surface area contributed by atoms with Gasteiger partial charge in [-0.1, -0.05) is 0 Å². The maximum atomic E-state index is 9.36. The van der Waals surface area contributed by atoms with Gasteiger partial charge in [-0.05, 0) is 37.1 Å². The van der Waals surface area contributed by atoms with Gasteiger partial charge < -0.3 is 15.8 Å². The highest BCUT2D eigenvalue weighted by molar-refractivity contribution is 5.84. The number of phenolic OH excluding ortho intramolecular Hbond substituents is 1. The summed E-state index contributed by atoms with van der Waals surface area (Å²) in [6.45, 7) is 1.97. The summed E-state index contributed by atoms with van der Waals surface area (Å²) in [6, 6.07) is 5.45. The molecule has 0 bridgehead atoms. The summed E-state index contributed by atoms with van der Waals surface area (Å²) in [7, 11) is 0. The third kappa shape index (κ3) is 1.59. The van der Waals surface area contributed by atoms with Crippen molar-refractivity contribution in [3.63, 3.8) is 0 Å². The number of benzene rings is 1. The topological polar surface area (TPSA) is 62.0 Å². The molecule has 0 unspecified atom stereocenters. The highest BCUT2D eigenvalue weighted by atomic mass is 16.3. The van der Waals surface area contributed by atoms with Crippen LogP contribution in [-0.2, 0) is 6.42 Å². The fourth-order valence-electron chi connectivity index (χ4n) is 1.68. The lowest BCUT2D eigenvalue weighted by atomic mass is 10.1. The molecule has 3 heteroatoms. The van der Waals surface area contributed by atoms with Crippen molar-refractivity contribution in [2.24, 2.45) is 5.73 Å². The molecule has 0 fully saturated rings. The number of rotatable bonds is 2. The van der Waals surface area contributed by atoms with Crippen molar-refractivity contribution in [2.75, 3.05) is 0 Å².